The molecule has 0 aliphatic carbocycles. The van der Waals surface area contributed by atoms with Crippen molar-refractivity contribution in [3.8, 4) is 11.5 Å². The third-order valence-electron chi connectivity index (χ3n) is 4.96. The van der Waals surface area contributed by atoms with Crippen LogP contribution in [0.15, 0.2) is 21.3 Å². The Labute approximate surface area is 163 Å². The van der Waals surface area contributed by atoms with Gasteiger partial charge >= 0.3 is 5.63 Å². The fraction of sp³-hybridized carbons (Fsp3) is 0.500. The number of nitrogens with zero attached hydrogens (tertiary/aromatic N) is 1. The lowest BCUT2D eigenvalue weighted by Gasteiger charge is -2.26. The molecule has 0 atom stereocenters. The standard InChI is InChI=1S/C20H26N2O6/c1-13-15(12-18(23)21-4-5-22-6-8-27-9-7-22)20(24)28-17-11-14(25-2)10-16(26-3)19(13)17/h10-11H,4-9,12H2,1-3H3,(H,21,23). The van der Waals surface area contributed by atoms with Gasteiger partial charge in [-0.2, -0.15) is 0 Å². The predicted octanol–water partition coefficient (Wildman–Crippen LogP) is 1.11. The van der Waals surface area contributed by atoms with E-state index < -0.39 is 5.63 Å². The van der Waals surface area contributed by atoms with Crippen LogP contribution in [-0.4, -0.2) is 64.4 Å². The van der Waals surface area contributed by atoms with Crippen molar-refractivity contribution in [1.29, 1.82) is 0 Å². The Morgan fingerprint density at radius 3 is 2.64 bits per heavy atom. The van der Waals surface area contributed by atoms with Crippen LogP contribution in [0.5, 0.6) is 11.5 Å². The fourth-order valence-corrected chi connectivity index (χ4v) is 3.37. The average Bonchev–Trinajstić information content (AvgIpc) is 2.70. The number of fused-ring (bicyclic) bond motifs is 1. The summed E-state index contributed by atoms with van der Waals surface area (Å²) in [6.45, 7) is 6.25. The molecule has 28 heavy (non-hydrogen) atoms. The van der Waals surface area contributed by atoms with Gasteiger partial charge in [-0.15, -0.1) is 0 Å². The third-order valence-corrected chi connectivity index (χ3v) is 4.96. The van der Waals surface area contributed by atoms with Gasteiger partial charge in [0.25, 0.3) is 0 Å². The van der Waals surface area contributed by atoms with E-state index in [-0.39, 0.29) is 12.3 Å². The molecular weight excluding hydrogens is 364 g/mol. The molecule has 1 fully saturated rings. The normalized spacial score (nSPS) is 14.8. The van der Waals surface area contributed by atoms with E-state index >= 15 is 0 Å². The van der Waals surface area contributed by atoms with Crippen LogP contribution in [0.25, 0.3) is 11.0 Å². The zero-order chi connectivity index (χ0) is 20.1. The van der Waals surface area contributed by atoms with Crippen LogP contribution in [0.3, 0.4) is 0 Å². The van der Waals surface area contributed by atoms with E-state index in [1.807, 2.05) is 0 Å². The van der Waals surface area contributed by atoms with Crippen molar-refractivity contribution in [3.05, 3.63) is 33.7 Å². The van der Waals surface area contributed by atoms with Gasteiger partial charge in [-0.1, -0.05) is 0 Å². The van der Waals surface area contributed by atoms with E-state index in [2.05, 4.69) is 10.2 Å². The Balaban J connectivity index is 1.75. The van der Waals surface area contributed by atoms with Crippen molar-refractivity contribution in [2.24, 2.45) is 0 Å². The zero-order valence-corrected chi connectivity index (χ0v) is 16.5. The maximum atomic E-state index is 12.5. The molecule has 1 aliphatic heterocycles. The minimum Gasteiger partial charge on any atom is -0.496 e. The van der Waals surface area contributed by atoms with E-state index in [1.54, 1.807) is 19.1 Å². The fourth-order valence-electron chi connectivity index (χ4n) is 3.37. The lowest BCUT2D eigenvalue weighted by Crippen LogP contribution is -2.41. The Bertz CT molecular complexity index is 902. The number of benzene rings is 1. The molecule has 8 nitrogen and oxygen atoms in total. The molecule has 2 heterocycles. The van der Waals surface area contributed by atoms with E-state index in [0.717, 1.165) is 32.8 Å². The first-order valence-electron chi connectivity index (χ1n) is 9.28. The van der Waals surface area contributed by atoms with Crippen LogP contribution in [0.4, 0.5) is 0 Å². The Hall–Kier alpha value is -2.58. The number of morpholine rings is 1. The first kappa shape index (κ1) is 20.2. The highest BCUT2D eigenvalue weighted by atomic mass is 16.5. The molecule has 0 bridgehead atoms. The smallest absolute Gasteiger partial charge is 0.340 e. The number of carbonyl (C=O) groups excluding carboxylic acids is 1. The molecule has 2 aromatic rings. The van der Waals surface area contributed by atoms with Gasteiger partial charge in [0.2, 0.25) is 5.91 Å². The van der Waals surface area contributed by atoms with Gasteiger partial charge in [-0.25, -0.2) is 4.79 Å². The van der Waals surface area contributed by atoms with E-state index in [4.69, 9.17) is 18.6 Å². The second kappa shape index (κ2) is 9.07. The summed E-state index contributed by atoms with van der Waals surface area (Å²) < 4.78 is 21.4. The first-order chi connectivity index (χ1) is 13.5. The van der Waals surface area contributed by atoms with Gasteiger partial charge in [0.05, 0.1) is 44.8 Å². The summed E-state index contributed by atoms with van der Waals surface area (Å²) in [6.07, 6.45) is -0.0393. The molecule has 0 unspecified atom stereocenters. The number of methoxy groups -OCH3 is 2. The molecule has 152 valence electrons. The van der Waals surface area contributed by atoms with Crippen molar-refractivity contribution in [2.45, 2.75) is 13.3 Å². The summed E-state index contributed by atoms with van der Waals surface area (Å²) in [5.74, 6) is 0.848. The summed E-state index contributed by atoms with van der Waals surface area (Å²) in [6, 6.07) is 3.36. The number of hydrogen-bond donors (Lipinski definition) is 1. The summed E-state index contributed by atoms with van der Waals surface area (Å²) in [5, 5.41) is 3.54. The second-order valence-corrected chi connectivity index (χ2v) is 6.68. The van der Waals surface area contributed by atoms with Crippen LogP contribution in [0.2, 0.25) is 0 Å². The van der Waals surface area contributed by atoms with E-state index in [9.17, 15) is 9.59 Å². The molecule has 1 saturated heterocycles. The molecule has 1 amide bonds. The number of amides is 1. The van der Waals surface area contributed by atoms with E-state index in [0.29, 0.717) is 40.1 Å². The molecule has 1 aromatic heterocycles. The lowest BCUT2D eigenvalue weighted by atomic mass is 10.0. The highest BCUT2D eigenvalue weighted by Gasteiger charge is 2.19. The number of rotatable bonds is 7. The molecule has 1 aliphatic rings. The molecule has 8 heteroatoms. The second-order valence-electron chi connectivity index (χ2n) is 6.68. The van der Waals surface area contributed by atoms with Crippen molar-refractivity contribution in [3.63, 3.8) is 0 Å². The Morgan fingerprint density at radius 2 is 1.96 bits per heavy atom. The maximum Gasteiger partial charge on any atom is 0.340 e. The molecule has 0 radical (unpaired) electrons. The lowest BCUT2D eigenvalue weighted by molar-refractivity contribution is -0.120. The molecule has 0 spiro atoms. The number of ether oxygens (including phenoxy) is 3. The van der Waals surface area contributed by atoms with Crippen molar-refractivity contribution < 1.29 is 23.4 Å². The van der Waals surface area contributed by atoms with Gasteiger partial charge in [-0.3, -0.25) is 9.69 Å². The largest absolute Gasteiger partial charge is 0.496 e. The molecular formula is C20H26N2O6. The number of nitrogens with one attached hydrogen (secondary N) is 1. The average molecular weight is 390 g/mol. The van der Waals surface area contributed by atoms with Gasteiger partial charge in [-0.05, 0) is 12.5 Å². The predicted molar refractivity (Wildman–Crippen MR) is 104 cm³/mol. The Morgan fingerprint density at radius 1 is 1.21 bits per heavy atom. The van der Waals surface area contributed by atoms with Gasteiger partial charge < -0.3 is 23.9 Å². The summed E-state index contributed by atoms with van der Waals surface area (Å²) in [7, 11) is 3.07. The van der Waals surface area contributed by atoms with E-state index in [1.165, 1.54) is 14.2 Å². The monoisotopic (exact) mass is 390 g/mol. The van der Waals surface area contributed by atoms with Gasteiger partial charge in [0.1, 0.15) is 17.1 Å². The van der Waals surface area contributed by atoms with Gasteiger partial charge in [0.15, 0.2) is 0 Å². The number of carbonyl (C=O) groups is 1. The molecule has 0 saturated carbocycles. The van der Waals surface area contributed by atoms with Crippen LogP contribution in [-0.2, 0) is 16.0 Å². The van der Waals surface area contributed by atoms with Crippen LogP contribution >= 0.6 is 0 Å². The van der Waals surface area contributed by atoms with Crippen LogP contribution < -0.4 is 20.4 Å². The molecule has 1 aromatic carbocycles. The summed E-state index contributed by atoms with van der Waals surface area (Å²) in [4.78, 5) is 27.1. The minimum atomic E-state index is -0.524. The number of aryl methyl sites for hydroxylation is 1. The Kier molecular flexibility index (Phi) is 6.53. The first-order valence-corrected chi connectivity index (χ1v) is 9.28. The van der Waals surface area contributed by atoms with Gasteiger partial charge in [0, 0.05) is 38.3 Å². The van der Waals surface area contributed by atoms with Crippen molar-refractivity contribution in [2.75, 3.05) is 53.6 Å². The third kappa shape index (κ3) is 4.45. The topological polar surface area (TPSA) is 90.2 Å². The maximum absolute atomic E-state index is 12.5. The summed E-state index contributed by atoms with van der Waals surface area (Å²) >= 11 is 0. The van der Waals surface area contributed by atoms with Crippen LogP contribution in [0.1, 0.15) is 11.1 Å². The van der Waals surface area contributed by atoms with Crippen molar-refractivity contribution >= 4 is 16.9 Å². The minimum absolute atomic E-state index is 0.0393. The number of hydrogen-bond acceptors (Lipinski definition) is 7. The zero-order valence-electron chi connectivity index (χ0n) is 16.5. The summed E-state index contributed by atoms with van der Waals surface area (Å²) in [5.41, 5.74) is 0.854. The highest BCUT2D eigenvalue weighted by Crippen LogP contribution is 2.33. The van der Waals surface area contributed by atoms with Crippen LogP contribution in [0, 0.1) is 6.92 Å². The molecule has 3 rings (SSSR count). The SMILES string of the molecule is COc1cc(OC)c2c(C)c(CC(=O)NCCN3CCOCC3)c(=O)oc2c1. The molecule has 1 N–H and O–H groups in total. The highest BCUT2D eigenvalue weighted by molar-refractivity contribution is 5.90. The quantitative estimate of drug-likeness (QED) is 0.708. The van der Waals surface area contributed by atoms with Crippen molar-refractivity contribution in [1.82, 2.24) is 10.2 Å².